The topological polar surface area (TPSA) is 41.3 Å². The number of nitrogens with zero attached hydrogens (tertiary/aromatic N) is 1. The molecule has 0 spiro atoms. The highest BCUT2D eigenvalue weighted by Gasteiger charge is 2.13. The Kier molecular flexibility index (Phi) is 3.12. The van der Waals surface area contributed by atoms with Gasteiger partial charge in [-0.2, -0.15) is 0 Å². The zero-order valence-electron chi connectivity index (χ0n) is 6.64. The van der Waals surface area contributed by atoms with E-state index in [0.717, 1.165) is 0 Å². The molecule has 0 radical (unpaired) electrons. The summed E-state index contributed by atoms with van der Waals surface area (Å²) in [6.07, 6.45) is 3.89. The first-order valence-electron chi connectivity index (χ1n) is 4.01. The molecule has 0 aromatic carbocycles. The maximum absolute atomic E-state index is 5.22. The van der Waals surface area contributed by atoms with Gasteiger partial charge in [0.25, 0.3) is 0 Å². The van der Waals surface area contributed by atoms with Crippen molar-refractivity contribution in [2.24, 2.45) is 5.73 Å². The van der Waals surface area contributed by atoms with Gasteiger partial charge in [-0.15, -0.1) is 0 Å². The molecule has 1 aliphatic heterocycles. The molecule has 0 aromatic heterocycles. The van der Waals surface area contributed by atoms with Crippen LogP contribution in [0.15, 0.2) is 0 Å². The molecular weight excluding hydrogens is 126 g/mol. The fourth-order valence-corrected chi connectivity index (χ4v) is 0.636. The van der Waals surface area contributed by atoms with Crippen molar-refractivity contribution in [2.45, 2.75) is 25.3 Å². The highest BCUT2D eigenvalue weighted by atomic mass is 15.5. The lowest BCUT2D eigenvalue weighted by molar-refractivity contribution is 0.124. The molecule has 0 unspecified atom stereocenters. The minimum atomic E-state index is 0.583. The molecule has 2 fully saturated rings. The maximum Gasteiger partial charge on any atom is 0.0143 e. The van der Waals surface area contributed by atoms with Crippen molar-refractivity contribution in [2.75, 3.05) is 20.1 Å². The Bertz CT molecular complexity index is 84.1. The Labute approximate surface area is 62.5 Å². The lowest BCUT2D eigenvalue weighted by Crippen LogP contribution is -2.45. The minimum absolute atomic E-state index is 0.583. The van der Waals surface area contributed by atoms with E-state index >= 15 is 0 Å². The summed E-state index contributed by atoms with van der Waals surface area (Å²) < 4.78 is 0. The van der Waals surface area contributed by atoms with Gasteiger partial charge in [0.15, 0.2) is 0 Å². The van der Waals surface area contributed by atoms with E-state index in [1.54, 1.807) is 0 Å². The summed E-state index contributed by atoms with van der Waals surface area (Å²) in [7, 11) is 1.96. The molecule has 3 nitrogen and oxygen atoms in total. The molecule has 0 aromatic rings. The van der Waals surface area contributed by atoms with E-state index in [9.17, 15) is 0 Å². The van der Waals surface area contributed by atoms with Crippen LogP contribution in [0.2, 0.25) is 0 Å². The van der Waals surface area contributed by atoms with Crippen LogP contribution in [0.25, 0.3) is 0 Å². The fourth-order valence-electron chi connectivity index (χ4n) is 0.636. The molecule has 1 aliphatic carbocycles. The highest BCUT2D eigenvalue weighted by Crippen LogP contribution is 2.13. The SMILES string of the molecule is CNN1CCC1.NC1CC1. The Hall–Kier alpha value is -0.120. The van der Waals surface area contributed by atoms with E-state index in [0.29, 0.717) is 6.04 Å². The first-order valence-corrected chi connectivity index (χ1v) is 4.01. The zero-order valence-corrected chi connectivity index (χ0v) is 6.64. The van der Waals surface area contributed by atoms with Crippen LogP contribution in [-0.2, 0) is 0 Å². The second-order valence-electron chi connectivity index (χ2n) is 2.90. The van der Waals surface area contributed by atoms with Gasteiger partial charge >= 0.3 is 0 Å². The number of rotatable bonds is 1. The molecule has 1 heterocycles. The number of hydrazine groups is 1. The normalized spacial score (nSPS) is 24.6. The number of hydrogen-bond acceptors (Lipinski definition) is 3. The Morgan fingerprint density at radius 3 is 1.90 bits per heavy atom. The summed E-state index contributed by atoms with van der Waals surface area (Å²) in [6, 6.07) is 0.583. The lowest BCUT2D eigenvalue weighted by atomic mass is 10.3. The van der Waals surface area contributed by atoms with Crippen LogP contribution in [0.5, 0.6) is 0 Å². The van der Waals surface area contributed by atoms with E-state index in [2.05, 4.69) is 10.4 Å². The summed E-state index contributed by atoms with van der Waals surface area (Å²) in [5.74, 6) is 0. The largest absolute Gasteiger partial charge is 0.328 e. The molecule has 3 heteroatoms. The maximum atomic E-state index is 5.22. The first kappa shape index (κ1) is 7.98. The average molecular weight is 143 g/mol. The van der Waals surface area contributed by atoms with Gasteiger partial charge < -0.3 is 5.73 Å². The third kappa shape index (κ3) is 3.15. The predicted octanol–water partition coefficient (Wildman–Crippen LogP) is -0.0660. The van der Waals surface area contributed by atoms with Crippen LogP contribution >= 0.6 is 0 Å². The van der Waals surface area contributed by atoms with Crippen molar-refractivity contribution in [3.63, 3.8) is 0 Å². The van der Waals surface area contributed by atoms with Crippen molar-refractivity contribution in [1.82, 2.24) is 10.4 Å². The molecule has 1 saturated heterocycles. The summed E-state index contributed by atoms with van der Waals surface area (Å²) in [5, 5.41) is 2.18. The van der Waals surface area contributed by atoms with Gasteiger partial charge in [-0.3, -0.25) is 5.43 Å². The van der Waals surface area contributed by atoms with Gasteiger partial charge in [-0.25, -0.2) is 5.01 Å². The molecule has 2 aliphatic rings. The predicted molar refractivity (Wildman–Crippen MR) is 42.5 cm³/mol. The van der Waals surface area contributed by atoms with Crippen molar-refractivity contribution in [3.05, 3.63) is 0 Å². The second kappa shape index (κ2) is 3.91. The average Bonchev–Trinajstić information content (AvgIpc) is 2.49. The smallest absolute Gasteiger partial charge is 0.0143 e. The summed E-state index contributed by atoms with van der Waals surface area (Å²) >= 11 is 0. The number of nitrogens with two attached hydrogens (primary N) is 1. The Balaban J connectivity index is 0.000000108. The van der Waals surface area contributed by atoms with Gasteiger partial charge in [0.1, 0.15) is 0 Å². The van der Waals surface area contributed by atoms with Crippen molar-refractivity contribution >= 4 is 0 Å². The summed E-state index contributed by atoms with van der Waals surface area (Å²) in [6.45, 7) is 2.47. The van der Waals surface area contributed by atoms with E-state index in [4.69, 9.17) is 5.73 Å². The standard InChI is InChI=1S/C4H10N2.C3H7N/c1-5-6-3-2-4-6;4-3-1-2-3/h5H,2-4H2,1H3;3H,1-2,4H2. The van der Waals surface area contributed by atoms with E-state index in [1.165, 1.54) is 32.4 Å². The molecule has 10 heavy (non-hydrogen) atoms. The highest BCUT2D eigenvalue weighted by molar-refractivity contribution is 4.75. The third-order valence-electron chi connectivity index (χ3n) is 1.79. The van der Waals surface area contributed by atoms with Crippen molar-refractivity contribution < 1.29 is 0 Å². The van der Waals surface area contributed by atoms with Gasteiger partial charge in [-0.1, -0.05) is 0 Å². The zero-order chi connectivity index (χ0) is 7.40. The number of hydrogen-bond donors (Lipinski definition) is 2. The molecule has 1 saturated carbocycles. The monoisotopic (exact) mass is 143 g/mol. The Morgan fingerprint density at radius 1 is 1.40 bits per heavy atom. The van der Waals surface area contributed by atoms with Gasteiger partial charge in [-0.05, 0) is 26.3 Å². The second-order valence-corrected chi connectivity index (χ2v) is 2.90. The van der Waals surface area contributed by atoms with Crippen LogP contribution in [0.3, 0.4) is 0 Å². The van der Waals surface area contributed by atoms with E-state index in [1.807, 2.05) is 7.05 Å². The minimum Gasteiger partial charge on any atom is -0.328 e. The van der Waals surface area contributed by atoms with Gasteiger partial charge in [0.2, 0.25) is 0 Å². The van der Waals surface area contributed by atoms with Gasteiger partial charge in [0.05, 0.1) is 0 Å². The summed E-state index contributed by atoms with van der Waals surface area (Å²) in [4.78, 5) is 0. The van der Waals surface area contributed by atoms with Gasteiger partial charge in [0, 0.05) is 19.1 Å². The van der Waals surface area contributed by atoms with Crippen LogP contribution in [0.1, 0.15) is 19.3 Å². The number of nitrogens with one attached hydrogen (secondary N) is 1. The third-order valence-corrected chi connectivity index (χ3v) is 1.79. The van der Waals surface area contributed by atoms with Crippen LogP contribution in [0.4, 0.5) is 0 Å². The van der Waals surface area contributed by atoms with Crippen LogP contribution in [0, 0.1) is 0 Å². The molecule has 2 rings (SSSR count). The quantitative estimate of drug-likeness (QED) is 0.540. The van der Waals surface area contributed by atoms with Crippen molar-refractivity contribution in [1.29, 1.82) is 0 Å². The molecule has 0 atom stereocenters. The fraction of sp³-hybridized carbons (Fsp3) is 1.00. The summed E-state index contributed by atoms with van der Waals surface area (Å²) in [5.41, 5.74) is 8.26. The van der Waals surface area contributed by atoms with E-state index in [-0.39, 0.29) is 0 Å². The lowest BCUT2D eigenvalue weighted by Gasteiger charge is -2.28. The van der Waals surface area contributed by atoms with Crippen LogP contribution in [-0.4, -0.2) is 31.2 Å². The molecule has 0 amide bonds. The molecule has 0 bridgehead atoms. The molecular formula is C7H17N3. The first-order chi connectivity index (χ1) is 4.83. The van der Waals surface area contributed by atoms with Crippen molar-refractivity contribution in [3.8, 4) is 0 Å². The molecule has 3 N–H and O–H groups in total. The van der Waals surface area contributed by atoms with E-state index < -0.39 is 0 Å². The Morgan fingerprint density at radius 2 is 1.90 bits per heavy atom. The molecule has 60 valence electrons. The van der Waals surface area contributed by atoms with Crippen LogP contribution < -0.4 is 11.2 Å².